The van der Waals surface area contributed by atoms with E-state index in [0.717, 1.165) is 31.7 Å². The van der Waals surface area contributed by atoms with E-state index < -0.39 is 0 Å². The molecule has 0 radical (unpaired) electrons. The summed E-state index contributed by atoms with van der Waals surface area (Å²) in [5.41, 5.74) is 1.30. The third-order valence-corrected chi connectivity index (χ3v) is 5.10. The van der Waals surface area contributed by atoms with Crippen molar-refractivity contribution < 1.29 is 14.3 Å². The van der Waals surface area contributed by atoms with Crippen LogP contribution in [0.3, 0.4) is 0 Å². The Hall–Kier alpha value is -3.03. The second-order valence-electron chi connectivity index (χ2n) is 6.84. The number of fused-ring (bicyclic) bond motifs is 1. The summed E-state index contributed by atoms with van der Waals surface area (Å²) in [6, 6.07) is 3.67. The Kier molecular flexibility index (Phi) is 4.47. The van der Waals surface area contributed by atoms with Gasteiger partial charge in [-0.2, -0.15) is 0 Å². The molecule has 0 spiro atoms. The minimum atomic E-state index is -0.387. The molecule has 4 rings (SSSR count). The van der Waals surface area contributed by atoms with Crippen LogP contribution in [-0.2, 0) is 4.74 Å². The van der Waals surface area contributed by atoms with Gasteiger partial charge in [0.2, 0.25) is 0 Å². The number of anilines is 2. The summed E-state index contributed by atoms with van der Waals surface area (Å²) in [6.07, 6.45) is 5.63. The number of hydrogen-bond acceptors (Lipinski definition) is 7. The number of rotatable bonds is 3. The zero-order valence-corrected chi connectivity index (χ0v) is 15.3. The van der Waals surface area contributed by atoms with Gasteiger partial charge in [0.15, 0.2) is 11.6 Å². The van der Waals surface area contributed by atoms with Crippen molar-refractivity contribution in [3.63, 3.8) is 0 Å². The lowest BCUT2D eigenvalue weighted by molar-refractivity contribution is 0.100. The van der Waals surface area contributed by atoms with Gasteiger partial charge in [0.1, 0.15) is 17.6 Å². The molecule has 2 aromatic rings. The molecule has 1 unspecified atom stereocenters. The topological polar surface area (TPSA) is 88.5 Å². The van der Waals surface area contributed by atoms with Crippen LogP contribution >= 0.6 is 0 Å². The molecule has 1 atom stereocenters. The van der Waals surface area contributed by atoms with Gasteiger partial charge in [-0.05, 0) is 38.8 Å². The van der Waals surface area contributed by atoms with Crippen LogP contribution in [0.15, 0.2) is 30.7 Å². The Bertz CT molecular complexity index is 862. The second-order valence-corrected chi connectivity index (χ2v) is 6.84. The summed E-state index contributed by atoms with van der Waals surface area (Å²) in [6.45, 7) is 4.85. The molecule has 8 nitrogen and oxygen atoms in total. The molecule has 2 aliphatic rings. The Balaban J connectivity index is 1.48. The molecule has 2 aliphatic heterocycles. The number of piperidine rings is 1. The van der Waals surface area contributed by atoms with Gasteiger partial charge >= 0.3 is 6.09 Å². The van der Waals surface area contributed by atoms with Crippen LogP contribution < -0.4 is 9.80 Å². The number of carbonyl (C=O) groups excluding carboxylic acids is 2. The molecule has 1 fully saturated rings. The van der Waals surface area contributed by atoms with E-state index >= 15 is 0 Å². The maximum absolute atomic E-state index is 12.5. The lowest BCUT2D eigenvalue weighted by Crippen LogP contribution is -2.50. The molecule has 0 aromatic carbocycles. The van der Waals surface area contributed by atoms with Crippen LogP contribution in [0.5, 0.6) is 0 Å². The third-order valence-electron chi connectivity index (χ3n) is 5.10. The van der Waals surface area contributed by atoms with Gasteiger partial charge < -0.3 is 9.64 Å². The van der Waals surface area contributed by atoms with Gasteiger partial charge in [-0.25, -0.2) is 14.8 Å². The smallest absolute Gasteiger partial charge is 0.416 e. The highest BCUT2D eigenvalue weighted by Crippen LogP contribution is 2.34. The van der Waals surface area contributed by atoms with Gasteiger partial charge in [-0.15, -0.1) is 0 Å². The average Bonchev–Trinajstić information content (AvgIpc) is 2.69. The normalized spacial score (nSPS) is 20.2. The SMILES string of the molecule is CC(=O)c1ccc(N2CCC(N3C(=O)OC(C)c4nccnc43)CC2)nc1. The van der Waals surface area contributed by atoms with E-state index in [0.29, 0.717) is 17.1 Å². The first-order chi connectivity index (χ1) is 13.0. The van der Waals surface area contributed by atoms with Crippen molar-refractivity contribution in [2.45, 2.75) is 38.8 Å². The van der Waals surface area contributed by atoms with Crippen LogP contribution in [0.4, 0.5) is 16.4 Å². The van der Waals surface area contributed by atoms with E-state index in [1.807, 2.05) is 13.0 Å². The minimum Gasteiger partial charge on any atom is -0.439 e. The number of cyclic esters (lactones) is 1. The summed E-state index contributed by atoms with van der Waals surface area (Å²) >= 11 is 0. The molecule has 27 heavy (non-hydrogen) atoms. The number of aromatic nitrogens is 3. The average molecular weight is 367 g/mol. The third kappa shape index (κ3) is 3.22. The first-order valence-electron chi connectivity index (χ1n) is 9.07. The van der Waals surface area contributed by atoms with Crippen molar-refractivity contribution in [1.82, 2.24) is 15.0 Å². The number of Topliss-reactive ketones (excluding diaryl/α,β-unsaturated/α-hetero) is 1. The molecule has 0 aliphatic carbocycles. The number of nitrogens with zero attached hydrogens (tertiary/aromatic N) is 5. The fourth-order valence-corrected chi connectivity index (χ4v) is 3.62. The predicted octanol–water partition coefficient (Wildman–Crippen LogP) is 2.76. The van der Waals surface area contributed by atoms with E-state index in [2.05, 4.69) is 19.9 Å². The van der Waals surface area contributed by atoms with Crippen LogP contribution in [0, 0.1) is 0 Å². The van der Waals surface area contributed by atoms with Crippen molar-refractivity contribution in [2.75, 3.05) is 22.9 Å². The van der Waals surface area contributed by atoms with Gasteiger partial charge in [0.25, 0.3) is 0 Å². The van der Waals surface area contributed by atoms with Crippen LogP contribution in [0.25, 0.3) is 0 Å². The van der Waals surface area contributed by atoms with Gasteiger partial charge in [-0.1, -0.05) is 0 Å². The maximum atomic E-state index is 12.5. The summed E-state index contributed by atoms with van der Waals surface area (Å²) in [5, 5.41) is 0. The number of pyridine rings is 1. The number of carbonyl (C=O) groups is 2. The highest BCUT2D eigenvalue weighted by molar-refractivity contribution is 5.93. The first-order valence-corrected chi connectivity index (χ1v) is 9.07. The lowest BCUT2D eigenvalue weighted by atomic mass is 10.0. The number of ether oxygens (including phenoxy) is 1. The van der Waals surface area contributed by atoms with Gasteiger partial charge in [0.05, 0.1) is 0 Å². The molecule has 1 amide bonds. The lowest BCUT2D eigenvalue weighted by Gasteiger charge is -2.40. The molecule has 8 heteroatoms. The van der Waals surface area contributed by atoms with E-state index in [4.69, 9.17) is 4.74 Å². The number of amides is 1. The fourth-order valence-electron chi connectivity index (χ4n) is 3.62. The van der Waals surface area contributed by atoms with E-state index in [1.165, 1.54) is 6.92 Å². The quantitative estimate of drug-likeness (QED) is 0.771. The predicted molar refractivity (Wildman–Crippen MR) is 98.9 cm³/mol. The molecule has 0 saturated carbocycles. The first kappa shape index (κ1) is 17.4. The minimum absolute atomic E-state index is 0.00497. The Morgan fingerprint density at radius 1 is 1.15 bits per heavy atom. The van der Waals surface area contributed by atoms with Crippen molar-refractivity contribution in [1.29, 1.82) is 0 Å². The number of ketones is 1. The monoisotopic (exact) mass is 367 g/mol. The molecular weight excluding hydrogens is 346 g/mol. The molecular formula is C19H21N5O3. The van der Waals surface area contributed by atoms with Crippen LogP contribution in [0.2, 0.25) is 0 Å². The highest BCUT2D eigenvalue weighted by atomic mass is 16.6. The van der Waals surface area contributed by atoms with Crippen LogP contribution in [-0.4, -0.2) is 46.0 Å². The van der Waals surface area contributed by atoms with Gasteiger partial charge in [-0.3, -0.25) is 14.7 Å². The summed E-state index contributed by atoms with van der Waals surface area (Å²) in [7, 11) is 0. The van der Waals surface area contributed by atoms with Crippen molar-refractivity contribution in [3.8, 4) is 0 Å². The van der Waals surface area contributed by atoms with Crippen LogP contribution in [0.1, 0.15) is 48.8 Å². The van der Waals surface area contributed by atoms with Crippen molar-refractivity contribution in [3.05, 3.63) is 42.0 Å². The molecule has 0 N–H and O–H groups in total. The molecule has 4 heterocycles. The molecule has 0 bridgehead atoms. The summed E-state index contributed by atoms with van der Waals surface area (Å²) in [5.74, 6) is 1.45. The molecule has 1 saturated heterocycles. The van der Waals surface area contributed by atoms with E-state index in [1.54, 1.807) is 29.6 Å². The largest absolute Gasteiger partial charge is 0.439 e. The summed E-state index contributed by atoms with van der Waals surface area (Å²) < 4.78 is 5.45. The fraction of sp³-hybridized carbons (Fsp3) is 0.421. The van der Waals surface area contributed by atoms with Crippen molar-refractivity contribution in [2.24, 2.45) is 0 Å². The highest BCUT2D eigenvalue weighted by Gasteiger charge is 2.38. The van der Waals surface area contributed by atoms with E-state index in [9.17, 15) is 9.59 Å². The Morgan fingerprint density at radius 3 is 2.56 bits per heavy atom. The number of hydrogen-bond donors (Lipinski definition) is 0. The molecule has 2 aromatic heterocycles. The second kappa shape index (κ2) is 6.94. The summed E-state index contributed by atoms with van der Waals surface area (Å²) in [4.78, 5) is 40.8. The van der Waals surface area contributed by atoms with Crippen molar-refractivity contribution >= 4 is 23.5 Å². The Morgan fingerprint density at radius 2 is 1.89 bits per heavy atom. The zero-order valence-electron chi connectivity index (χ0n) is 15.3. The zero-order chi connectivity index (χ0) is 19.0. The van der Waals surface area contributed by atoms with E-state index in [-0.39, 0.29) is 24.0 Å². The molecule has 140 valence electrons. The Labute approximate surface area is 157 Å². The standard InChI is InChI=1S/C19H21N5O3/c1-12(25)14-3-4-16(22-11-14)23-9-5-15(6-10-23)24-18-17(20-7-8-21-18)13(2)27-19(24)26/h3-4,7-8,11,13,15H,5-6,9-10H2,1-2H3. The van der Waals surface area contributed by atoms with Gasteiger partial charge in [0, 0.05) is 43.3 Å². The maximum Gasteiger partial charge on any atom is 0.416 e.